The van der Waals surface area contributed by atoms with Crippen LogP contribution in [-0.4, -0.2) is 30.4 Å². The highest BCUT2D eigenvalue weighted by atomic mass is 16.7. The molecule has 108 valence electrons. The monoisotopic (exact) mass is 278 g/mol. The van der Waals surface area contributed by atoms with Gasteiger partial charge < -0.3 is 14.2 Å². The van der Waals surface area contributed by atoms with Crippen LogP contribution in [0.4, 0.5) is 0 Å². The first kappa shape index (κ1) is 14.5. The van der Waals surface area contributed by atoms with Crippen molar-refractivity contribution < 1.29 is 23.8 Å². The third kappa shape index (κ3) is 3.81. The van der Waals surface area contributed by atoms with Gasteiger partial charge >= 0.3 is 11.9 Å². The Balaban J connectivity index is 1.89. The highest BCUT2D eigenvalue weighted by molar-refractivity contribution is 5.89. The Bertz CT molecular complexity index is 470. The highest BCUT2D eigenvalue weighted by Gasteiger charge is 2.32. The lowest BCUT2D eigenvalue weighted by molar-refractivity contribution is -0.216. The number of benzene rings is 1. The van der Waals surface area contributed by atoms with E-state index in [2.05, 4.69) is 0 Å². The van der Waals surface area contributed by atoms with E-state index in [1.165, 1.54) is 6.92 Å². The van der Waals surface area contributed by atoms with Crippen LogP contribution in [-0.2, 0) is 19.0 Å². The van der Waals surface area contributed by atoms with Crippen molar-refractivity contribution in [3.05, 3.63) is 35.9 Å². The molecule has 1 fully saturated rings. The fourth-order valence-corrected chi connectivity index (χ4v) is 2.14. The van der Waals surface area contributed by atoms with E-state index >= 15 is 0 Å². The van der Waals surface area contributed by atoms with Crippen molar-refractivity contribution in [3.63, 3.8) is 0 Å². The van der Waals surface area contributed by atoms with E-state index in [1.54, 1.807) is 31.2 Å². The van der Waals surface area contributed by atoms with Crippen LogP contribution < -0.4 is 0 Å². The van der Waals surface area contributed by atoms with Crippen molar-refractivity contribution in [1.82, 2.24) is 0 Å². The lowest BCUT2D eigenvalue weighted by Gasteiger charge is -2.33. The van der Waals surface area contributed by atoms with E-state index in [-0.39, 0.29) is 24.1 Å². The molecule has 3 atom stereocenters. The number of hydrogen-bond acceptors (Lipinski definition) is 5. The van der Waals surface area contributed by atoms with E-state index in [0.717, 1.165) is 0 Å². The van der Waals surface area contributed by atoms with Crippen LogP contribution in [0, 0.1) is 0 Å². The van der Waals surface area contributed by atoms with Gasteiger partial charge in [0.05, 0.1) is 11.7 Å². The van der Waals surface area contributed by atoms with Gasteiger partial charge in [-0.2, -0.15) is 0 Å². The number of esters is 2. The summed E-state index contributed by atoms with van der Waals surface area (Å²) in [5, 5.41) is 0. The van der Waals surface area contributed by atoms with Gasteiger partial charge in [-0.05, 0) is 25.5 Å². The topological polar surface area (TPSA) is 61.8 Å². The van der Waals surface area contributed by atoms with Crippen LogP contribution in [0.25, 0.3) is 0 Å². The summed E-state index contributed by atoms with van der Waals surface area (Å²) in [4.78, 5) is 22.8. The summed E-state index contributed by atoms with van der Waals surface area (Å²) in [6, 6.07) is 8.83. The Hall–Kier alpha value is -1.88. The summed E-state index contributed by atoms with van der Waals surface area (Å²) in [6.45, 7) is 3.15. The average Bonchev–Trinajstić information content (AvgIpc) is 2.42. The summed E-state index contributed by atoms with van der Waals surface area (Å²) >= 11 is 0. The van der Waals surface area contributed by atoms with Crippen LogP contribution in [0.3, 0.4) is 0 Å². The Labute approximate surface area is 117 Å². The fraction of sp³-hybridized carbons (Fsp3) is 0.467. The van der Waals surface area contributed by atoms with Gasteiger partial charge in [0.1, 0.15) is 6.10 Å². The number of ether oxygens (including phenoxy) is 3. The normalized spacial score (nSPS) is 25.8. The molecular formula is C15H18O5. The molecular weight excluding hydrogens is 260 g/mol. The van der Waals surface area contributed by atoms with Crippen LogP contribution >= 0.6 is 0 Å². The minimum Gasteiger partial charge on any atom is -0.456 e. The van der Waals surface area contributed by atoms with E-state index < -0.39 is 6.29 Å². The second kappa shape index (κ2) is 6.52. The zero-order valence-electron chi connectivity index (χ0n) is 11.6. The minimum absolute atomic E-state index is 0.305. The maximum absolute atomic E-state index is 12.0. The van der Waals surface area contributed by atoms with Gasteiger partial charge in [-0.25, -0.2) is 4.79 Å². The number of carbonyl (C=O) groups is 2. The maximum atomic E-state index is 12.0. The van der Waals surface area contributed by atoms with Crippen molar-refractivity contribution in [1.29, 1.82) is 0 Å². The molecule has 0 amide bonds. The molecule has 0 saturated carbocycles. The standard InChI is InChI=1S/C15H18O5/c1-10-13(8-9-14(18-10)19-11(2)16)20-15(17)12-6-4-3-5-7-12/h3-7,10,13-14H,8-9H2,1-2H3/t10-,13-,14-/m0/s1. The van der Waals surface area contributed by atoms with Gasteiger partial charge in [0.25, 0.3) is 0 Å². The molecule has 1 heterocycles. The van der Waals surface area contributed by atoms with Crippen molar-refractivity contribution in [2.24, 2.45) is 0 Å². The third-order valence-corrected chi connectivity index (χ3v) is 3.14. The smallest absolute Gasteiger partial charge is 0.338 e. The Morgan fingerprint density at radius 1 is 1.15 bits per heavy atom. The molecule has 1 saturated heterocycles. The summed E-state index contributed by atoms with van der Waals surface area (Å²) in [5.41, 5.74) is 0.516. The SMILES string of the molecule is CC(=O)O[C@H]1CC[C@H](OC(=O)c2ccccc2)[C@H](C)O1. The first-order valence-electron chi connectivity index (χ1n) is 6.65. The molecule has 2 rings (SSSR count). The molecule has 5 heteroatoms. The zero-order chi connectivity index (χ0) is 14.5. The summed E-state index contributed by atoms with van der Waals surface area (Å²) < 4.78 is 16.0. The van der Waals surface area contributed by atoms with Crippen LogP contribution in [0.1, 0.15) is 37.0 Å². The van der Waals surface area contributed by atoms with Crippen LogP contribution in [0.5, 0.6) is 0 Å². The quantitative estimate of drug-likeness (QED) is 0.794. The molecule has 0 aromatic heterocycles. The Morgan fingerprint density at radius 2 is 1.85 bits per heavy atom. The molecule has 1 aromatic rings. The largest absolute Gasteiger partial charge is 0.456 e. The number of rotatable bonds is 3. The second-order valence-corrected chi connectivity index (χ2v) is 4.77. The van der Waals surface area contributed by atoms with E-state index in [9.17, 15) is 9.59 Å². The predicted molar refractivity (Wildman–Crippen MR) is 71.0 cm³/mol. The number of carbonyl (C=O) groups excluding carboxylic acids is 2. The van der Waals surface area contributed by atoms with E-state index in [4.69, 9.17) is 14.2 Å². The van der Waals surface area contributed by atoms with Gasteiger partial charge in [-0.1, -0.05) is 18.2 Å². The Morgan fingerprint density at radius 3 is 2.45 bits per heavy atom. The van der Waals surface area contributed by atoms with E-state index in [0.29, 0.717) is 18.4 Å². The molecule has 0 radical (unpaired) electrons. The first-order chi connectivity index (χ1) is 9.56. The van der Waals surface area contributed by atoms with Crippen molar-refractivity contribution in [3.8, 4) is 0 Å². The van der Waals surface area contributed by atoms with Gasteiger partial charge in [0, 0.05) is 13.3 Å². The van der Waals surface area contributed by atoms with Crippen LogP contribution in [0.2, 0.25) is 0 Å². The van der Waals surface area contributed by atoms with Crippen LogP contribution in [0.15, 0.2) is 30.3 Å². The molecule has 20 heavy (non-hydrogen) atoms. The summed E-state index contributed by atoms with van der Waals surface area (Å²) in [5.74, 6) is -0.737. The Kier molecular flexibility index (Phi) is 4.74. The molecule has 1 aromatic carbocycles. The maximum Gasteiger partial charge on any atom is 0.338 e. The van der Waals surface area contributed by atoms with Gasteiger partial charge in [-0.15, -0.1) is 0 Å². The molecule has 0 spiro atoms. The van der Waals surface area contributed by atoms with Crippen molar-refractivity contribution in [2.75, 3.05) is 0 Å². The lowest BCUT2D eigenvalue weighted by Crippen LogP contribution is -2.41. The molecule has 1 aliphatic heterocycles. The molecule has 0 aliphatic carbocycles. The minimum atomic E-state index is -0.547. The predicted octanol–water partition coefficient (Wildman–Crippen LogP) is 2.30. The zero-order valence-corrected chi connectivity index (χ0v) is 11.6. The molecule has 0 N–H and O–H groups in total. The third-order valence-electron chi connectivity index (χ3n) is 3.14. The fourth-order valence-electron chi connectivity index (χ4n) is 2.14. The van der Waals surface area contributed by atoms with Crippen molar-refractivity contribution in [2.45, 2.75) is 45.2 Å². The summed E-state index contributed by atoms with van der Waals surface area (Å²) in [7, 11) is 0. The van der Waals surface area contributed by atoms with Gasteiger partial charge in [-0.3, -0.25) is 4.79 Å². The van der Waals surface area contributed by atoms with E-state index in [1.807, 2.05) is 6.07 Å². The molecule has 0 unspecified atom stereocenters. The van der Waals surface area contributed by atoms with Gasteiger partial charge in [0.2, 0.25) is 6.29 Å². The lowest BCUT2D eigenvalue weighted by atomic mass is 10.1. The molecule has 1 aliphatic rings. The molecule has 0 bridgehead atoms. The second-order valence-electron chi connectivity index (χ2n) is 4.77. The van der Waals surface area contributed by atoms with Gasteiger partial charge in [0.15, 0.2) is 0 Å². The van der Waals surface area contributed by atoms with Crippen molar-refractivity contribution >= 4 is 11.9 Å². The summed E-state index contributed by atoms with van der Waals surface area (Å²) in [6.07, 6.45) is -0.0432. The molecule has 5 nitrogen and oxygen atoms in total. The number of hydrogen-bond donors (Lipinski definition) is 0. The highest BCUT2D eigenvalue weighted by Crippen LogP contribution is 2.23. The first-order valence-corrected chi connectivity index (χ1v) is 6.65. The average molecular weight is 278 g/mol.